The second-order valence-corrected chi connectivity index (χ2v) is 6.33. The molecule has 0 saturated carbocycles. The van der Waals surface area contributed by atoms with Crippen molar-refractivity contribution in [1.82, 2.24) is 10.3 Å². The highest BCUT2D eigenvalue weighted by Crippen LogP contribution is 2.31. The maximum atomic E-state index is 11.1. The summed E-state index contributed by atoms with van der Waals surface area (Å²) in [7, 11) is 0. The highest BCUT2D eigenvalue weighted by Gasteiger charge is 2.29. The van der Waals surface area contributed by atoms with E-state index in [2.05, 4.69) is 15.2 Å². The minimum absolute atomic E-state index is 0.355. The lowest BCUT2D eigenvalue weighted by atomic mass is 9.88. The molecule has 114 valence electrons. The Labute approximate surface area is 129 Å². The van der Waals surface area contributed by atoms with Gasteiger partial charge in [0.15, 0.2) is 0 Å². The second kappa shape index (κ2) is 6.20. The molecular weight excluding hydrogens is 288 g/mol. The van der Waals surface area contributed by atoms with E-state index in [0.29, 0.717) is 16.6 Å². The van der Waals surface area contributed by atoms with Crippen LogP contribution in [0.5, 0.6) is 0 Å². The third-order valence-corrected chi connectivity index (χ3v) is 4.89. The van der Waals surface area contributed by atoms with Gasteiger partial charge in [0.25, 0.3) is 0 Å². The van der Waals surface area contributed by atoms with Crippen molar-refractivity contribution in [3.8, 4) is 0 Å². The summed E-state index contributed by atoms with van der Waals surface area (Å²) in [5, 5.41) is 4.10. The molecule has 0 aliphatic carbocycles. The number of primary amides is 1. The lowest BCUT2D eigenvalue weighted by Crippen LogP contribution is -2.41. The van der Waals surface area contributed by atoms with Gasteiger partial charge in [0.05, 0.1) is 10.6 Å². The molecule has 6 heteroatoms. The van der Waals surface area contributed by atoms with Crippen LogP contribution in [0.4, 0.5) is 5.82 Å². The zero-order valence-corrected chi connectivity index (χ0v) is 12.8. The number of rotatable bonds is 3. The molecule has 0 aromatic carbocycles. The van der Waals surface area contributed by atoms with Crippen molar-refractivity contribution in [3.05, 3.63) is 22.8 Å². The summed E-state index contributed by atoms with van der Waals surface area (Å²) in [4.78, 5) is 17.7. The van der Waals surface area contributed by atoms with Gasteiger partial charge in [-0.1, -0.05) is 11.6 Å². The first-order chi connectivity index (χ1) is 10.1. The molecule has 1 amide bonds. The largest absolute Gasteiger partial charge is 0.366 e. The molecule has 1 atom stereocenters. The molecule has 0 bridgehead atoms. The number of carbonyl (C=O) groups is 1. The molecule has 1 aromatic heterocycles. The normalized spacial score (nSPS) is 23.5. The number of nitrogens with zero attached hydrogens (tertiary/aromatic N) is 2. The molecule has 5 nitrogen and oxygen atoms in total. The number of nitrogens with one attached hydrogen (secondary N) is 1. The minimum Gasteiger partial charge on any atom is -0.366 e. The predicted molar refractivity (Wildman–Crippen MR) is 83.7 cm³/mol. The average Bonchev–Trinajstić information content (AvgIpc) is 3.01. The topological polar surface area (TPSA) is 71.2 Å². The van der Waals surface area contributed by atoms with Gasteiger partial charge in [0.2, 0.25) is 5.91 Å². The number of pyridine rings is 1. The Hall–Kier alpha value is -1.33. The van der Waals surface area contributed by atoms with Crippen molar-refractivity contribution in [2.75, 3.05) is 24.5 Å². The highest BCUT2D eigenvalue weighted by molar-refractivity contribution is 6.33. The summed E-state index contributed by atoms with van der Waals surface area (Å²) < 4.78 is 0. The average molecular weight is 309 g/mol. The summed E-state index contributed by atoms with van der Waals surface area (Å²) >= 11 is 6.25. The van der Waals surface area contributed by atoms with Gasteiger partial charge in [-0.2, -0.15) is 0 Å². The number of hydrogen-bond acceptors (Lipinski definition) is 4. The fourth-order valence-electron chi connectivity index (χ4n) is 3.43. The van der Waals surface area contributed by atoms with Crippen LogP contribution in [-0.4, -0.2) is 36.6 Å². The van der Waals surface area contributed by atoms with E-state index in [-0.39, 0.29) is 0 Å². The van der Waals surface area contributed by atoms with Gasteiger partial charge in [-0.15, -0.1) is 0 Å². The lowest BCUT2D eigenvalue weighted by molar-refractivity contribution is 0.1000. The fraction of sp³-hybridized carbons (Fsp3) is 0.600. The molecule has 0 radical (unpaired) electrons. The monoisotopic (exact) mass is 308 g/mol. The quantitative estimate of drug-likeness (QED) is 0.893. The van der Waals surface area contributed by atoms with Crippen LogP contribution in [0.25, 0.3) is 0 Å². The van der Waals surface area contributed by atoms with E-state index in [1.54, 1.807) is 6.07 Å². The van der Waals surface area contributed by atoms with E-state index < -0.39 is 5.91 Å². The number of hydrogen-bond donors (Lipinski definition) is 2. The first kappa shape index (κ1) is 14.6. The van der Waals surface area contributed by atoms with Crippen molar-refractivity contribution in [2.45, 2.75) is 31.7 Å². The first-order valence-corrected chi connectivity index (χ1v) is 7.96. The van der Waals surface area contributed by atoms with Crippen molar-refractivity contribution in [3.63, 3.8) is 0 Å². The summed E-state index contributed by atoms with van der Waals surface area (Å²) in [6.07, 6.45) is 6.43. The molecule has 1 aromatic rings. The Kier molecular flexibility index (Phi) is 4.31. The Morgan fingerprint density at radius 2 is 2.14 bits per heavy atom. The molecule has 21 heavy (non-hydrogen) atoms. The van der Waals surface area contributed by atoms with Gasteiger partial charge in [-0.05, 0) is 44.2 Å². The summed E-state index contributed by atoms with van der Waals surface area (Å²) in [5.41, 5.74) is 5.60. The SMILES string of the molecule is NC(=O)c1cnc(N2CCC(C3CCCN3)CC2)c(Cl)c1. The summed E-state index contributed by atoms with van der Waals surface area (Å²) in [6.45, 7) is 3.09. The third-order valence-electron chi connectivity index (χ3n) is 4.61. The molecule has 3 rings (SSSR count). The van der Waals surface area contributed by atoms with Crippen LogP contribution >= 0.6 is 11.6 Å². The van der Waals surface area contributed by atoms with Gasteiger partial charge >= 0.3 is 0 Å². The van der Waals surface area contributed by atoms with Crippen LogP contribution in [0.3, 0.4) is 0 Å². The van der Waals surface area contributed by atoms with Crippen molar-refractivity contribution in [1.29, 1.82) is 0 Å². The number of amides is 1. The van der Waals surface area contributed by atoms with E-state index in [1.165, 1.54) is 19.0 Å². The molecule has 3 heterocycles. The van der Waals surface area contributed by atoms with Gasteiger partial charge in [0, 0.05) is 25.3 Å². The zero-order valence-electron chi connectivity index (χ0n) is 12.0. The fourth-order valence-corrected chi connectivity index (χ4v) is 3.71. The third kappa shape index (κ3) is 3.14. The van der Waals surface area contributed by atoms with E-state index in [0.717, 1.165) is 44.2 Å². The molecule has 2 fully saturated rings. The number of carbonyl (C=O) groups excluding carboxylic acids is 1. The van der Waals surface area contributed by atoms with Crippen LogP contribution in [-0.2, 0) is 0 Å². The standard InChI is InChI=1S/C15H21ClN4O/c16-12-8-11(14(17)21)9-19-15(12)20-6-3-10(4-7-20)13-2-1-5-18-13/h8-10,13,18H,1-7H2,(H2,17,21). The number of nitrogens with two attached hydrogens (primary N) is 1. The van der Waals surface area contributed by atoms with E-state index >= 15 is 0 Å². The Bertz CT molecular complexity index is 522. The lowest BCUT2D eigenvalue weighted by Gasteiger charge is -2.35. The molecule has 2 saturated heterocycles. The molecule has 1 unspecified atom stereocenters. The van der Waals surface area contributed by atoms with Crippen molar-refractivity contribution in [2.24, 2.45) is 11.7 Å². The molecule has 2 aliphatic heterocycles. The summed E-state index contributed by atoms with van der Waals surface area (Å²) in [6, 6.07) is 2.30. The minimum atomic E-state index is -0.498. The smallest absolute Gasteiger partial charge is 0.250 e. The first-order valence-electron chi connectivity index (χ1n) is 7.59. The predicted octanol–water partition coefficient (Wildman–Crippen LogP) is 1.80. The van der Waals surface area contributed by atoms with Gasteiger partial charge in [-0.25, -0.2) is 4.98 Å². The Balaban J connectivity index is 1.65. The van der Waals surface area contributed by atoms with Gasteiger partial charge in [0.1, 0.15) is 5.82 Å². The maximum absolute atomic E-state index is 11.1. The Morgan fingerprint density at radius 1 is 1.38 bits per heavy atom. The van der Waals surface area contributed by atoms with Crippen LogP contribution < -0.4 is 16.0 Å². The summed E-state index contributed by atoms with van der Waals surface area (Å²) in [5.74, 6) is 1.02. The molecule has 0 spiro atoms. The van der Waals surface area contributed by atoms with Crippen LogP contribution in [0.15, 0.2) is 12.3 Å². The van der Waals surface area contributed by atoms with Crippen LogP contribution in [0.1, 0.15) is 36.0 Å². The van der Waals surface area contributed by atoms with E-state index in [1.807, 2.05) is 0 Å². The number of piperidine rings is 1. The van der Waals surface area contributed by atoms with E-state index in [4.69, 9.17) is 17.3 Å². The van der Waals surface area contributed by atoms with Crippen LogP contribution in [0, 0.1) is 5.92 Å². The number of aromatic nitrogens is 1. The number of halogens is 1. The highest BCUT2D eigenvalue weighted by atomic mass is 35.5. The number of anilines is 1. The van der Waals surface area contributed by atoms with Crippen LogP contribution in [0.2, 0.25) is 5.02 Å². The zero-order chi connectivity index (χ0) is 14.8. The van der Waals surface area contributed by atoms with Gasteiger partial charge < -0.3 is 16.0 Å². The molecular formula is C15H21ClN4O. The molecule has 2 aliphatic rings. The second-order valence-electron chi connectivity index (χ2n) is 5.92. The van der Waals surface area contributed by atoms with Crippen molar-refractivity contribution >= 4 is 23.3 Å². The van der Waals surface area contributed by atoms with Gasteiger partial charge in [-0.3, -0.25) is 4.79 Å². The van der Waals surface area contributed by atoms with E-state index in [9.17, 15) is 4.79 Å². The Morgan fingerprint density at radius 3 is 2.71 bits per heavy atom. The van der Waals surface area contributed by atoms with Crippen molar-refractivity contribution < 1.29 is 4.79 Å². The molecule has 3 N–H and O–H groups in total. The maximum Gasteiger partial charge on any atom is 0.250 e.